The van der Waals surface area contributed by atoms with E-state index in [1.54, 1.807) is 12.5 Å². The van der Waals surface area contributed by atoms with Crippen LogP contribution in [0.4, 0.5) is 0 Å². The first kappa shape index (κ1) is 11.4. The Balaban J connectivity index is 2.06. The van der Waals surface area contributed by atoms with Gasteiger partial charge in [-0.3, -0.25) is 4.79 Å². The van der Waals surface area contributed by atoms with E-state index in [4.69, 9.17) is 5.73 Å². The lowest BCUT2D eigenvalue weighted by molar-refractivity contribution is -0.122. The molecule has 0 radical (unpaired) electrons. The second-order valence-corrected chi connectivity index (χ2v) is 4.05. The predicted octanol–water partition coefficient (Wildman–Crippen LogP) is 1.23. The number of benzene rings is 1. The highest BCUT2D eigenvalue weighted by Crippen LogP contribution is 2.10. The molecule has 1 aromatic heterocycles. The minimum Gasteiger partial charge on any atom is -0.369 e. The smallest absolute Gasteiger partial charge is 0.222 e. The first-order chi connectivity index (χ1) is 8.25. The molecule has 0 bridgehead atoms. The number of amides is 1. The Morgan fingerprint density at radius 3 is 2.71 bits per heavy atom. The van der Waals surface area contributed by atoms with Gasteiger partial charge in [-0.05, 0) is 12.0 Å². The van der Waals surface area contributed by atoms with Crippen molar-refractivity contribution in [2.24, 2.45) is 11.7 Å². The Morgan fingerprint density at radius 1 is 1.35 bits per heavy atom. The molecular formula is C13H15N3O. The number of aromatic nitrogens is 2. The minimum absolute atomic E-state index is 0.202. The van der Waals surface area contributed by atoms with E-state index in [0.29, 0.717) is 13.0 Å². The van der Waals surface area contributed by atoms with Crippen LogP contribution in [0.5, 0.6) is 0 Å². The van der Waals surface area contributed by atoms with Gasteiger partial charge in [-0.2, -0.15) is 0 Å². The van der Waals surface area contributed by atoms with E-state index in [0.717, 1.165) is 5.56 Å². The lowest BCUT2D eigenvalue weighted by atomic mass is 9.98. The third kappa shape index (κ3) is 3.17. The molecule has 88 valence electrons. The molecule has 1 atom stereocenters. The van der Waals surface area contributed by atoms with Crippen LogP contribution >= 0.6 is 0 Å². The molecule has 1 aromatic carbocycles. The van der Waals surface area contributed by atoms with Crippen LogP contribution < -0.4 is 5.73 Å². The summed E-state index contributed by atoms with van der Waals surface area (Å²) < 4.78 is 1.87. The van der Waals surface area contributed by atoms with Crippen molar-refractivity contribution in [2.45, 2.75) is 13.0 Å². The summed E-state index contributed by atoms with van der Waals surface area (Å²) in [5.41, 5.74) is 6.55. The average molecular weight is 229 g/mol. The van der Waals surface area contributed by atoms with Crippen LogP contribution in [0, 0.1) is 5.92 Å². The molecule has 2 aromatic rings. The summed E-state index contributed by atoms with van der Waals surface area (Å²) >= 11 is 0. The lowest BCUT2D eigenvalue weighted by Crippen LogP contribution is -2.28. The van der Waals surface area contributed by atoms with E-state index in [1.165, 1.54) is 0 Å². The number of primary amides is 1. The number of nitrogens with zero attached hydrogens (tertiary/aromatic N) is 2. The molecule has 0 saturated carbocycles. The van der Waals surface area contributed by atoms with Crippen molar-refractivity contribution in [1.82, 2.24) is 9.55 Å². The highest BCUT2D eigenvalue weighted by atomic mass is 16.1. The van der Waals surface area contributed by atoms with Crippen molar-refractivity contribution >= 4 is 5.91 Å². The summed E-state index contributed by atoms with van der Waals surface area (Å²) in [5, 5.41) is 0. The summed E-state index contributed by atoms with van der Waals surface area (Å²) in [6, 6.07) is 9.89. The van der Waals surface area contributed by atoms with E-state index < -0.39 is 0 Å². The van der Waals surface area contributed by atoms with Gasteiger partial charge in [0.25, 0.3) is 0 Å². The molecule has 1 amide bonds. The van der Waals surface area contributed by atoms with Crippen molar-refractivity contribution in [1.29, 1.82) is 0 Å². The lowest BCUT2D eigenvalue weighted by Gasteiger charge is -2.13. The average Bonchev–Trinajstić information content (AvgIpc) is 2.82. The molecule has 0 fully saturated rings. The molecule has 4 nitrogen and oxygen atoms in total. The van der Waals surface area contributed by atoms with Gasteiger partial charge in [0.15, 0.2) is 0 Å². The quantitative estimate of drug-likeness (QED) is 0.838. The van der Waals surface area contributed by atoms with Crippen molar-refractivity contribution in [3.63, 3.8) is 0 Å². The molecule has 2 N–H and O–H groups in total. The fraction of sp³-hybridized carbons (Fsp3) is 0.231. The summed E-state index contributed by atoms with van der Waals surface area (Å²) in [4.78, 5) is 15.4. The summed E-state index contributed by atoms with van der Waals surface area (Å²) in [6.45, 7) is 0.574. The topological polar surface area (TPSA) is 60.9 Å². The van der Waals surface area contributed by atoms with E-state index in [2.05, 4.69) is 4.98 Å². The number of hydrogen-bond donors (Lipinski definition) is 1. The van der Waals surface area contributed by atoms with E-state index in [1.807, 2.05) is 41.1 Å². The van der Waals surface area contributed by atoms with E-state index >= 15 is 0 Å². The zero-order chi connectivity index (χ0) is 12.1. The van der Waals surface area contributed by atoms with Crippen LogP contribution in [0.25, 0.3) is 0 Å². The summed E-state index contributed by atoms with van der Waals surface area (Å²) in [5.74, 6) is -0.478. The zero-order valence-electron chi connectivity index (χ0n) is 9.49. The van der Waals surface area contributed by atoms with Gasteiger partial charge in [0, 0.05) is 18.9 Å². The first-order valence-corrected chi connectivity index (χ1v) is 5.54. The van der Waals surface area contributed by atoms with Gasteiger partial charge in [-0.25, -0.2) is 4.98 Å². The Bertz CT molecular complexity index is 465. The monoisotopic (exact) mass is 229 g/mol. The maximum atomic E-state index is 11.4. The Labute approximate surface area is 100 Å². The van der Waals surface area contributed by atoms with Gasteiger partial charge in [-0.1, -0.05) is 30.3 Å². The predicted molar refractivity (Wildman–Crippen MR) is 65.1 cm³/mol. The van der Waals surface area contributed by atoms with Gasteiger partial charge in [-0.15, -0.1) is 0 Å². The number of nitrogens with two attached hydrogens (primary N) is 1. The number of imidazole rings is 1. The van der Waals surface area contributed by atoms with Crippen LogP contribution in [-0.2, 0) is 17.8 Å². The molecule has 2 rings (SSSR count). The molecule has 1 heterocycles. The first-order valence-electron chi connectivity index (χ1n) is 5.54. The molecule has 4 heteroatoms. The van der Waals surface area contributed by atoms with Gasteiger partial charge in [0.2, 0.25) is 5.91 Å². The number of carbonyl (C=O) groups is 1. The van der Waals surface area contributed by atoms with Crippen LogP contribution in [0.15, 0.2) is 49.1 Å². The molecule has 0 aliphatic rings. The largest absolute Gasteiger partial charge is 0.369 e. The molecular weight excluding hydrogens is 214 g/mol. The summed E-state index contributed by atoms with van der Waals surface area (Å²) in [6.07, 6.45) is 5.89. The normalized spacial score (nSPS) is 12.2. The number of rotatable bonds is 5. The zero-order valence-corrected chi connectivity index (χ0v) is 9.49. The molecule has 0 aliphatic heterocycles. The van der Waals surface area contributed by atoms with Gasteiger partial charge >= 0.3 is 0 Å². The fourth-order valence-corrected chi connectivity index (χ4v) is 1.80. The van der Waals surface area contributed by atoms with Crippen molar-refractivity contribution < 1.29 is 4.79 Å². The molecule has 17 heavy (non-hydrogen) atoms. The fourth-order valence-electron chi connectivity index (χ4n) is 1.80. The Hall–Kier alpha value is -2.10. The molecule has 0 aliphatic carbocycles. The maximum Gasteiger partial charge on any atom is 0.222 e. The number of carbonyl (C=O) groups excluding carboxylic acids is 1. The van der Waals surface area contributed by atoms with Crippen LogP contribution in [0.2, 0.25) is 0 Å². The van der Waals surface area contributed by atoms with Crippen molar-refractivity contribution in [3.05, 3.63) is 54.6 Å². The van der Waals surface area contributed by atoms with Crippen LogP contribution in [0.1, 0.15) is 5.56 Å². The van der Waals surface area contributed by atoms with E-state index in [-0.39, 0.29) is 11.8 Å². The molecule has 0 unspecified atom stereocenters. The third-order valence-corrected chi connectivity index (χ3v) is 2.72. The summed E-state index contributed by atoms with van der Waals surface area (Å²) in [7, 11) is 0. The Kier molecular flexibility index (Phi) is 3.55. The van der Waals surface area contributed by atoms with Crippen LogP contribution in [-0.4, -0.2) is 15.5 Å². The highest BCUT2D eigenvalue weighted by Gasteiger charge is 2.16. The maximum absolute atomic E-state index is 11.4. The number of hydrogen-bond acceptors (Lipinski definition) is 2. The van der Waals surface area contributed by atoms with Gasteiger partial charge < -0.3 is 10.3 Å². The van der Waals surface area contributed by atoms with Gasteiger partial charge in [0.1, 0.15) is 0 Å². The second-order valence-electron chi connectivity index (χ2n) is 4.05. The second kappa shape index (κ2) is 5.30. The molecule has 0 spiro atoms. The van der Waals surface area contributed by atoms with Crippen LogP contribution in [0.3, 0.4) is 0 Å². The van der Waals surface area contributed by atoms with Gasteiger partial charge in [0.05, 0.1) is 12.2 Å². The standard InChI is InChI=1S/C13H15N3O/c14-13(17)12(9-16-7-6-15-10-16)8-11-4-2-1-3-5-11/h1-7,10,12H,8-9H2,(H2,14,17)/t12-/m1/s1. The Morgan fingerprint density at radius 2 is 2.12 bits per heavy atom. The SMILES string of the molecule is NC(=O)[C@H](Cc1ccccc1)Cn1ccnc1. The van der Waals surface area contributed by atoms with E-state index in [9.17, 15) is 4.79 Å². The molecule has 0 saturated heterocycles. The minimum atomic E-state index is -0.275. The van der Waals surface area contributed by atoms with Crippen molar-refractivity contribution in [3.8, 4) is 0 Å². The van der Waals surface area contributed by atoms with Crippen molar-refractivity contribution in [2.75, 3.05) is 0 Å². The highest BCUT2D eigenvalue weighted by molar-refractivity contribution is 5.76. The third-order valence-electron chi connectivity index (χ3n) is 2.72.